The van der Waals surface area contributed by atoms with E-state index in [1.165, 1.54) is 14.2 Å². The van der Waals surface area contributed by atoms with Crippen LogP contribution in [0.2, 0.25) is 0 Å². The van der Waals surface area contributed by atoms with Crippen LogP contribution in [0.15, 0.2) is 24.3 Å². The molecule has 144 valence electrons. The minimum atomic E-state index is -0.556. The number of nitrogens with zero attached hydrogens (tertiary/aromatic N) is 1. The van der Waals surface area contributed by atoms with Gasteiger partial charge in [0.2, 0.25) is 0 Å². The topological polar surface area (TPSA) is 79.9 Å². The number of rotatable bonds is 5. The monoisotopic (exact) mass is 407 g/mol. The van der Waals surface area contributed by atoms with Gasteiger partial charge in [0.15, 0.2) is 5.11 Å². The van der Waals surface area contributed by atoms with Gasteiger partial charge in [-0.3, -0.25) is 0 Å². The van der Waals surface area contributed by atoms with Gasteiger partial charge in [0.1, 0.15) is 9.88 Å². The van der Waals surface area contributed by atoms with Gasteiger partial charge in [-0.1, -0.05) is 0 Å². The molecule has 0 bridgehead atoms. The molecule has 0 aliphatic rings. The lowest BCUT2D eigenvalue weighted by atomic mass is 10.1. The molecule has 0 fully saturated rings. The van der Waals surface area contributed by atoms with Crippen LogP contribution in [0.5, 0.6) is 0 Å². The molecule has 0 aliphatic carbocycles. The van der Waals surface area contributed by atoms with Crippen molar-refractivity contribution in [2.24, 2.45) is 0 Å². The summed E-state index contributed by atoms with van der Waals surface area (Å²) in [5.41, 5.74) is 2.59. The number of nitrogens with one attached hydrogen (secondary N) is 2. The Balaban J connectivity index is 2.23. The molecule has 2 rings (SSSR count). The summed E-state index contributed by atoms with van der Waals surface area (Å²) in [6.07, 6.45) is 0. The number of carbonyl (C=O) groups is 2. The number of carbonyl (C=O) groups excluding carboxylic acids is 2. The third kappa shape index (κ3) is 4.75. The normalized spacial score (nSPS) is 10.1. The van der Waals surface area contributed by atoms with Crippen LogP contribution >= 0.6 is 23.6 Å². The molecule has 0 atom stereocenters. The third-order valence-corrected chi connectivity index (χ3v) is 5.17. The predicted molar refractivity (Wildman–Crippen MR) is 112 cm³/mol. The minimum Gasteiger partial charge on any atom is -0.465 e. The first-order valence-corrected chi connectivity index (χ1v) is 9.16. The zero-order chi connectivity index (χ0) is 20.1. The van der Waals surface area contributed by atoms with Crippen molar-refractivity contribution < 1.29 is 19.1 Å². The van der Waals surface area contributed by atoms with Crippen LogP contribution in [0.1, 0.15) is 25.6 Å². The van der Waals surface area contributed by atoms with Gasteiger partial charge in [0.25, 0.3) is 0 Å². The molecular weight excluding hydrogens is 386 g/mol. The van der Waals surface area contributed by atoms with Gasteiger partial charge in [-0.25, -0.2) is 9.59 Å². The van der Waals surface area contributed by atoms with Crippen molar-refractivity contribution >= 4 is 57.0 Å². The summed E-state index contributed by atoms with van der Waals surface area (Å²) >= 11 is 6.42. The number of thiocarbonyl (C=S) groups is 1. The van der Waals surface area contributed by atoms with E-state index >= 15 is 0 Å². The zero-order valence-corrected chi connectivity index (χ0v) is 17.3. The molecule has 2 N–H and O–H groups in total. The quantitative estimate of drug-likeness (QED) is 0.576. The number of hydrogen-bond acceptors (Lipinski definition) is 7. The number of ether oxygens (including phenoxy) is 2. The second-order valence-electron chi connectivity index (χ2n) is 5.76. The summed E-state index contributed by atoms with van der Waals surface area (Å²) in [6, 6.07) is 7.69. The number of methoxy groups -OCH3 is 2. The minimum absolute atomic E-state index is 0.259. The molecule has 0 radical (unpaired) electrons. The molecule has 1 aromatic heterocycles. The maximum absolute atomic E-state index is 12.1. The van der Waals surface area contributed by atoms with Gasteiger partial charge in [-0.2, -0.15) is 0 Å². The van der Waals surface area contributed by atoms with Crippen LogP contribution in [0.25, 0.3) is 0 Å². The largest absolute Gasteiger partial charge is 0.465 e. The fraction of sp³-hybridized carbons (Fsp3) is 0.278. The fourth-order valence-electron chi connectivity index (χ4n) is 2.35. The SMILES string of the molecule is COC(=O)c1sc(NC(=S)Nc2ccc(N(C)C)cc2)c(C(=O)OC)c1C. The van der Waals surface area contributed by atoms with E-state index in [4.69, 9.17) is 21.7 Å². The average Bonchev–Trinajstić information content (AvgIpc) is 2.96. The highest BCUT2D eigenvalue weighted by Gasteiger charge is 2.26. The Hall–Kier alpha value is -2.65. The van der Waals surface area contributed by atoms with Gasteiger partial charge in [-0.15, -0.1) is 11.3 Å². The van der Waals surface area contributed by atoms with Crippen LogP contribution < -0.4 is 15.5 Å². The van der Waals surface area contributed by atoms with Gasteiger partial charge in [-0.05, 0) is 49.0 Å². The lowest BCUT2D eigenvalue weighted by Crippen LogP contribution is -2.20. The summed E-state index contributed by atoms with van der Waals surface area (Å²) < 4.78 is 9.60. The summed E-state index contributed by atoms with van der Waals surface area (Å²) in [5.74, 6) is -1.08. The van der Waals surface area contributed by atoms with Crippen LogP contribution in [-0.4, -0.2) is 45.4 Å². The highest BCUT2D eigenvalue weighted by atomic mass is 32.1. The fourth-order valence-corrected chi connectivity index (χ4v) is 3.75. The number of thiophene rings is 1. The second-order valence-corrected chi connectivity index (χ2v) is 7.19. The standard InChI is InChI=1S/C18H21N3O4S2/c1-10-13(16(22)24-4)15(27-14(10)17(23)25-5)20-18(26)19-11-6-8-12(9-7-11)21(2)3/h6-9H,1-5H3,(H2,19,20,26). The van der Waals surface area contributed by atoms with Crippen LogP contribution in [-0.2, 0) is 9.47 Å². The van der Waals surface area contributed by atoms with Crippen molar-refractivity contribution in [2.45, 2.75) is 6.92 Å². The van der Waals surface area contributed by atoms with Crippen LogP contribution in [0.4, 0.5) is 16.4 Å². The number of esters is 2. The summed E-state index contributed by atoms with van der Waals surface area (Å²) in [4.78, 5) is 26.4. The van der Waals surface area contributed by atoms with E-state index < -0.39 is 11.9 Å². The van der Waals surface area contributed by atoms with Crippen molar-refractivity contribution in [3.05, 3.63) is 40.3 Å². The summed E-state index contributed by atoms with van der Waals surface area (Å²) in [5, 5.41) is 6.73. The average molecular weight is 408 g/mol. The summed E-state index contributed by atoms with van der Waals surface area (Å²) in [7, 11) is 6.49. The number of benzene rings is 1. The number of anilines is 3. The summed E-state index contributed by atoms with van der Waals surface area (Å²) in [6.45, 7) is 1.66. The maximum atomic E-state index is 12.1. The molecule has 2 aromatic rings. The molecule has 0 saturated heterocycles. The molecular formula is C18H21N3O4S2. The van der Waals surface area contributed by atoms with E-state index in [-0.39, 0.29) is 10.7 Å². The number of hydrogen-bond donors (Lipinski definition) is 2. The zero-order valence-electron chi connectivity index (χ0n) is 15.7. The van der Waals surface area contributed by atoms with Crippen LogP contribution in [0.3, 0.4) is 0 Å². The molecule has 9 heteroatoms. The van der Waals surface area contributed by atoms with Crippen LogP contribution in [0, 0.1) is 6.92 Å². The predicted octanol–water partition coefficient (Wildman–Crippen LogP) is 3.50. The van der Waals surface area contributed by atoms with Crippen molar-refractivity contribution in [1.29, 1.82) is 0 Å². The van der Waals surface area contributed by atoms with E-state index in [1.807, 2.05) is 43.3 Å². The van der Waals surface area contributed by atoms with Gasteiger partial charge in [0.05, 0.1) is 19.8 Å². The van der Waals surface area contributed by atoms with E-state index in [2.05, 4.69) is 10.6 Å². The first kappa shape index (κ1) is 20.7. The Morgan fingerprint density at radius 2 is 1.63 bits per heavy atom. The van der Waals surface area contributed by atoms with Gasteiger partial charge < -0.3 is 25.0 Å². The molecule has 1 heterocycles. The Morgan fingerprint density at radius 3 is 2.15 bits per heavy atom. The van der Waals surface area contributed by atoms with Crippen molar-refractivity contribution in [2.75, 3.05) is 43.8 Å². The maximum Gasteiger partial charge on any atom is 0.348 e. The molecule has 27 heavy (non-hydrogen) atoms. The smallest absolute Gasteiger partial charge is 0.348 e. The van der Waals surface area contributed by atoms with Crippen molar-refractivity contribution in [3.8, 4) is 0 Å². The molecule has 0 spiro atoms. The highest BCUT2D eigenvalue weighted by Crippen LogP contribution is 2.34. The van der Waals surface area contributed by atoms with Gasteiger partial charge in [0, 0.05) is 25.5 Å². The first-order chi connectivity index (χ1) is 12.8. The lowest BCUT2D eigenvalue weighted by Gasteiger charge is -2.14. The molecule has 0 unspecified atom stereocenters. The van der Waals surface area contributed by atoms with E-state index in [9.17, 15) is 9.59 Å². The van der Waals surface area contributed by atoms with Crippen molar-refractivity contribution in [3.63, 3.8) is 0 Å². The third-order valence-electron chi connectivity index (χ3n) is 3.78. The van der Waals surface area contributed by atoms with Gasteiger partial charge >= 0.3 is 11.9 Å². The second kappa shape index (κ2) is 8.83. The van der Waals surface area contributed by atoms with E-state index in [0.29, 0.717) is 15.4 Å². The molecule has 0 aliphatic heterocycles. The Bertz CT molecular complexity index is 860. The Labute approximate surface area is 167 Å². The Kier molecular flexibility index (Phi) is 6.75. The first-order valence-electron chi connectivity index (χ1n) is 7.93. The van der Waals surface area contributed by atoms with Crippen molar-refractivity contribution in [1.82, 2.24) is 0 Å². The molecule has 1 aromatic carbocycles. The molecule has 7 nitrogen and oxygen atoms in total. The van der Waals surface area contributed by atoms with E-state index in [1.54, 1.807) is 6.92 Å². The Morgan fingerprint density at radius 1 is 1.04 bits per heavy atom. The molecule has 0 saturated carbocycles. The molecule has 0 amide bonds. The highest BCUT2D eigenvalue weighted by molar-refractivity contribution is 7.80. The lowest BCUT2D eigenvalue weighted by molar-refractivity contribution is 0.0601. The van der Waals surface area contributed by atoms with E-state index in [0.717, 1.165) is 22.7 Å².